The molecule has 126 valence electrons. The Kier molecular flexibility index (Phi) is 3.80. The average Bonchev–Trinajstić information content (AvgIpc) is 3.10. The lowest BCUT2D eigenvalue weighted by Gasteiger charge is -2.30. The van der Waals surface area contributed by atoms with Gasteiger partial charge in [-0.15, -0.1) is 0 Å². The van der Waals surface area contributed by atoms with E-state index in [-0.39, 0.29) is 5.91 Å². The molecule has 4 rings (SSSR count). The van der Waals surface area contributed by atoms with Gasteiger partial charge < -0.3 is 13.9 Å². The van der Waals surface area contributed by atoms with Crippen LogP contribution in [0, 0.1) is 5.92 Å². The second kappa shape index (κ2) is 5.85. The number of hydrogen-bond donors (Lipinski definition) is 0. The Morgan fingerprint density at radius 2 is 2.17 bits per heavy atom. The van der Waals surface area contributed by atoms with E-state index in [1.807, 2.05) is 29.2 Å². The van der Waals surface area contributed by atoms with E-state index in [0.29, 0.717) is 16.7 Å². The van der Waals surface area contributed by atoms with Crippen LogP contribution < -0.4 is 0 Å². The molecule has 1 aliphatic rings. The molecule has 1 aromatic carbocycles. The van der Waals surface area contributed by atoms with Gasteiger partial charge in [0.2, 0.25) is 0 Å². The first-order valence-electron chi connectivity index (χ1n) is 8.59. The number of fused-ring (bicyclic) bond motifs is 3. The number of nitrogens with zero attached hydrogens (tertiary/aromatic N) is 2. The van der Waals surface area contributed by atoms with Gasteiger partial charge in [-0.1, -0.05) is 18.5 Å². The third kappa shape index (κ3) is 2.40. The van der Waals surface area contributed by atoms with Crippen LogP contribution in [0.15, 0.2) is 28.7 Å². The molecular weight excluding hydrogens is 324 g/mol. The Hall–Kier alpha value is -1.94. The van der Waals surface area contributed by atoms with Crippen molar-refractivity contribution >= 4 is 39.5 Å². The second-order valence-corrected chi connectivity index (χ2v) is 7.17. The molecule has 3 aromatic rings. The summed E-state index contributed by atoms with van der Waals surface area (Å²) in [6, 6.07) is 7.66. The molecule has 3 heterocycles. The molecule has 1 amide bonds. The Morgan fingerprint density at radius 3 is 2.92 bits per heavy atom. The van der Waals surface area contributed by atoms with Gasteiger partial charge in [0.15, 0.2) is 11.3 Å². The second-order valence-electron chi connectivity index (χ2n) is 6.73. The van der Waals surface area contributed by atoms with Crippen LogP contribution in [0.4, 0.5) is 0 Å². The van der Waals surface area contributed by atoms with E-state index in [1.165, 1.54) is 6.42 Å². The number of carbonyl (C=O) groups excluding carboxylic acids is 1. The van der Waals surface area contributed by atoms with Gasteiger partial charge in [-0.2, -0.15) is 0 Å². The maximum Gasteiger partial charge on any atom is 0.289 e. The minimum Gasteiger partial charge on any atom is -0.449 e. The molecule has 1 atom stereocenters. The molecular formula is C19H21ClN2O2. The topological polar surface area (TPSA) is 38.4 Å². The van der Waals surface area contributed by atoms with Crippen molar-refractivity contribution < 1.29 is 9.21 Å². The Balaban J connectivity index is 1.79. The van der Waals surface area contributed by atoms with Crippen LogP contribution in [0.5, 0.6) is 0 Å². The fourth-order valence-corrected chi connectivity index (χ4v) is 3.97. The van der Waals surface area contributed by atoms with E-state index in [1.54, 1.807) is 0 Å². The Bertz CT molecular complexity index is 924. The van der Waals surface area contributed by atoms with Gasteiger partial charge in [0.05, 0.1) is 11.0 Å². The molecule has 0 bridgehead atoms. The van der Waals surface area contributed by atoms with Crippen LogP contribution in [0.3, 0.4) is 0 Å². The summed E-state index contributed by atoms with van der Waals surface area (Å²) in [5.74, 6) is 0.996. The predicted molar refractivity (Wildman–Crippen MR) is 96.7 cm³/mol. The van der Waals surface area contributed by atoms with E-state index in [2.05, 4.69) is 18.4 Å². The van der Waals surface area contributed by atoms with E-state index in [0.717, 1.165) is 48.1 Å². The van der Waals surface area contributed by atoms with E-state index >= 15 is 0 Å². The summed E-state index contributed by atoms with van der Waals surface area (Å²) in [4.78, 5) is 14.7. The van der Waals surface area contributed by atoms with Crippen LogP contribution in [0.2, 0.25) is 5.02 Å². The first-order valence-corrected chi connectivity index (χ1v) is 8.97. The van der Waals surface area contributed by atoms with Gasteiger partial charge in [0.1, 0.15) is 0 Å². The van der Waals surface area contributed by atoms with Gasteiger partial charge in [-0.3, -0.25) is 4.79 Å². The van der Waals surface area contributed by atoms with E-state index in [4.69, 9.17) is 16.0 Å². The van der Waals surface area contributed by atoms with Crippen molar-refractivity contribution in [2.75, 3.05) is 13.1 Å². The van der Waals surface area contributed by atoms with Crippen molar-refractivity contribution in [2.24, 2.45) is 5.92 Å². The normalized spacial score (nSPS) is 18.6. The van der Waals surface area contributed by atoms with Gasteiger partial charge in [-0.05, 0) is 43.9 Å². The van der Waals surface area contributed by atoms with Crippen molar-refractivity contribution in [3.63, 3.8) is 0 Å². The zero-order chi connectivity index (χ0) is 16.8. The van der Waals surface area contributed by atoms with Crippen molar-refractivity contribution in [1.82, 2.24) is 9.47 Å². The van der Waals surface area contributed by atoms with Crippen LogP contribution in [0.25, 0.3) is 22.0 Å². The van der Waals surface area contributed by atoms with E-state index < -0.39 is 0 Å². The standard InChI is InChI=1S/C19H21ClN2O2/c1-3-22-15-9-13(20)6-7-14(15)18-16(22)10-17(24-18)19(23)21-8-4-5-12(2)11-21/h6-7,9-10,12H,3-5,8,11H2,1-2H3. The zero-order valence-corrected chi connectivity index (χ0v) is 14.8. The minimum atomic E-state index is 0.00233. The highest BCUT2D eigenvalue weighted by atomic mass is 35.5. The summed E-state index contributed by atoms with van der Waals surface area (Å²) in [5, 5.41) is 1.71. The smallest absolute Gasteiger partial charge is 0.289 e. The Labute approximate surface area is 146 Å². The van der Waals surface area contributed by atoms with Crippen LogP contribution in [-0.4, -0.2) is 28.5 Å². The SMILES string of the molecule is CCn1c2cc(Cl)ccc2c2oc(C(=O)N3CCCC(C)C3)cc21. The van der Waals surface area contributed by atoms with Gasteiger partial charge >= 0.3 is 0 Å². The number of amides is 1. The number of furan rings is 1. The summed E-state index contributed by atoms with van der Waals surface area (Å²) in [5.41, 5.74) is 2.78. The molecule has 0 aliphatic carbocycles. The number of carbonyl (C=O) groups is 1. The number of piperidine rings is 1. The summed E-state index contributed by atoms with van der Waals surface area (Å²) in [6.07, 6.45) is 2.26. The largest absolute Gasteiger partial charge is 0.449 e. The monoisotopic (exact) mass is 344 g/mol. The minimum absolute atomic E-state index is 0.00233. The number of halogens is 1. The lowest BCUT2D eigenvalue weighted by molar-refractivity contribution is 0.0653. The van der Waals surface area contributed by atoms with E-state index in [9.17, 15) is 4.79 Å². The molecule has 2 aromatic heterocycles. The molecule has 4 nitrogen and oxygen atoms in total. The van der Waals surface area contributed by atoms with Gasteiger partial charge in [-0.25, -0.2) is 0 Å². The summed E-state index contributed by atoms with van der Waals surface area (Å²) >= 11 is 6.13. The Morgan fingerprint density at radius 1 is 1.33 bits per heavy atom. The highest BCUT2D eigenvalue weighted by Gasteiger charge is 2.26. The molecule has 24 heavy (non-hydrogen) atoms. The van der Waals surface area contributed by atoms with Crippen molar-refractivity contribution in [3.05, 3.63) is 35.0 Å². The molecule has 1 saturated heterocycles. The highest BCUT2D eigenvalue weighted by Crippen LogP contribution is 2.33. The summed E-state index contributed by atoms with van der Waals surface area (Å²) in [6.45, 7) is 6.71. The molecule has 1 unspecified atom stereocenters. The zero-order valence-electron chi connectivity index (χ0n) is 14.0. The fourth-order valence-electron chi connectivity index (χ4n) is 3.80. The average molecular weight is 345 g/mol. The number of hydrogen-bond acceptors (Lipinski definition) is 2. The molecule has 1 aliphatic heterocycles. The predicted octanol–water partition coefficient (Wildman–Crippen LogP) is 4.93. The maximum atomic E-state index is 12.8. The third-order valence-electron chi connectivity index (χ3n) is 4.97. The number of aromatic nitrogens is 1. The number of likely N-dealkylation sites (tertiary alicyclic amines) is 1. The molecule has 0 radical (unpaired) electrons. The first-order chi connectivity index (χ1) is 11.6. The number of aryl methyl sites for hydroxylation is 1. The molecule has 1 fully saturated rings. The van der Waals surface area contributed by atoms with Gasteiger partial charge in [0, 0.05) is 36.1 Å². The molecule has 0 saturated carbocycles. The lowest BCUT2D eigenvalue weighted by Crippen LogP contribution is -2.38. The fraction of sp³-hybridized carbons (Fsp3) is 0.421. The first kappa shape index (κ1) is 15.6. The maximum absolute atomic E-state index is 12.8. The van der Waals surface area contributed by atoms with Crippen LogP contribution >= 0.6 is 11.6 Å². The molecule has 0 N–H and O–H groups in total. The quantitative estimate of drug-likeness (QED) is 0.661. The number of rotatable bonds is 2. The lowest BCUT2D eigenvalue weighted by atomic mass is 10.0. The van der Waals surface area contributed by atoms with Crippen molar-refractivity contribution in [3.8, 4) is 0 Å². The summed E-state index contributed by atoms with van der Waals surface area (Å²) < 4.78 is 8.15. The number of benzene rings is 1. The van der Waals surface area contributed by atoms with Crippen molar-refractivity contribution in [2.45, 2.75) is 33.2 Å². The molecule has 0 spiro atoms. The highest BCUT2D eigenvalue weighted by molar-refractivity contribution is 6.31. The molecule has 5 heteroatoms. The van der Waals surface area contributed by atoms with Gasteiger partial charge in [0.25, 0.3) is 5.91 Å². The van der Waals surface area contributed by atoms with Crippen LogP contribution in [0.1, 0.15) is 37.2 Å². The third-order valence-corrected chi connectivity index (χ3v) is 5.20. The summed E-state index contributed by atoms with van der Waals surface area (Å²) in [7, 11) is 0. The van der Waals surface area contributed by atoms with Crippen molar-refractivity contribution in [1.29, 1.82) is 0 Å². The van der Waals surface area contributed by atoms with Crippen LogP contribution in [-0.2, 0) is 6.54 Å².